The van der Waals surface area contributed by atoms with E-state index in [4.69, 9.17) is 9.47 Å². The number of hydrogen-bond donors (Lipinski definition) is 0. The van der Waals surface area contributed by atoms with Crippen molar-refractivity contribution >= 4 is 38.0 Å². The maximum Gasteiger partial charge on any atom is 0.410 e. The lowest BCUT2D eigenvalue weighted by Gasteiger charge is -2.42. The average molecular weight is 579 g/mol. The monoisotopic (exact) mass is 577 g/mol. The largest absolute Gasteiger partial charge is 0.444 e. The van der Waals surface area contributed by atoms with Gasteiger partial charge in [0.05, 0.1) is 12.7 Å². The SMILES string of the molecule is CC(C)(C)OC(=O)N1CCC(C2c3ccccc3CCC2OCc2cc(Br)cc(Br)c2)CC1. The smallest absolute Gasteiger partial charge is 0.410 e. The fourth-order valence-corrected chi connectivity index (χ4v) is 6.56. The number of likely N-dealkylation sites (tertiary alicyclic amines) is 1. The third-order valence-electron chi connectivity index (χ3n) is 6.60. The molecule has 4 nitrogen and oxygen atoms in total. The van der Waals surface area contributed by atoms with Crippen LogP contribution in [-0.4, -0.2) is 35.8 Å². The first-order valence-corrected chi connectivity index (χ1v) is 13.4. The molecular weight excluding hydrogens is 546 g/mol. The first-order valence-electron chi connectivity index (χ1n) is 11.8. The molecule has 1 aliphatic carbocycles. The van der Waals surface area contributed by atoms with Crippen LogP contribution < -0.4 is 0 Å². The molecule has 2 aliphatic rings. The number of carbonyl (C=O) groups is 1. The molecule has 0 radical (unpaired) electrons. The zero-order valence-corrected chi connectivity index (χ0v) is 22.8. The summed E-state index contributed by atoms with van der Waals surface area (Å²) in [6.45, 7) is 7.83. The van der Waals surface area contributed by atoms with Crippen molar-refractivity contribution in [2.24, 2.45) is 5.92 Å². The lowest BCUT2D eigenvalue weighted by Crippen LogP contribution is -2.44. The number of amides is 1. The molecule has 2 aromatic rings. The summed E-state index contributed by atoms with van der Waals surface area (Å²) in [5.74, 6) is 0.843. The molecule has 0 bridgehead atoms. The first-order chi connectivity index (χ1) is 15.7. The van der Waals surface area contributed by atoms with Crippen LogP contribution in [0.2, 0.25) is 0 Å². The zero-order chi connectivity index (χ0) is 23.6. The summed E-state index contributed by atoms with van der Waals surface area (Å²) >= 11 is 7.16. The van der Waals surface area contributed by atoms with E-state index in [1.807, 2.05) is 31.7 Å². The van der Waals surface area contributed by atoms with Crippen LogP contribution >= 0.6 is 31.9 Å². The van der Waals surface area contributed by atoms with Gasteiger partial charge in [-0.2, -0.15) is 0 Å². The number of rotatable bonds is 4. The second-order valence-corrected chi connectivity index (χ2v) is 12.0. The number of ether oxygens (including phenoxy) is 2. The summed E-state index contributed by atoms with van der Waals surface area (Å²) in [7, 11) is 0. The summed E-state index contributed by atoms with van der Waals surface area (Å²) in [6, 6.07) is 15.1. The Balaban J connectivity index is 1.47. The molecule has 0 saturated carbocycles. The Kier molecular flexibility index (Phi) is 7.87. The number of carbonyl (C=O) groups excluding carboxylic acids is 1. The molecule has 2 atom stereocenters. The molecule has 4 rings (SSSR count). The molecule has 1 aliphatic heterocycles. The van der Waals surface area contributed by atoms with Crippen molar-refractivity contribution in [2.45, 2.75) is 70.7 Å². The van der Waals surface area contributed by atoms with Gasteiger partial charge in [-0.1, -0.05) is 56.1 Å². The Bertz CT molecular complexity index is 959. The van der Waals surface area contributed by atoms with E-state index in [1.165, 1.54) is 11.1 Å². The highest BCUT2D eigenvalue weighted by molar-refractivity contribution is 9.11. The van der Waals surface area contributed by atoms with Crippen molar-refractivity contribution in [1.29, 1.82) is 0 Å². The topological polar surface area (TPSA) is 38.8 Å². The van der Waals surface area contributed by atoms with Crippen LogP contribution in [0.5, 0.6) is 0 Å². The van der Waals surface area contributed by atoms with E-state index < -0.39 is 5.60 Å². The molecule has 0 spiro atoms. The maximum absolute atomic E-state index is 12.5. The molecule has 0 N–H and O–H groups in total. The molecule has 1 saturated heterocycles. The van der Waals surface area contributed by atoms with Gasteiger partial charge in [0.15, 0.2) is 0 Å². The van der Waals surface area contributed by atoms with Gasteiger partial charge in [0.1, 0.15) is 5.60 Å². The highest BCUT2D eigenvalue weighted by Crippen LogP contribution is 2.43. The molecule has 33 heavy (non-hydrogen) atoms. The number of fused-ring (bicyclic) bond motifs is 1. The van der Waals surface area contributed by atoms with E-state index in [1.54, 1.807) is 0 Å². The summed E-state index contributed by atoms with van der Waals surface area (Å²) in [6.07, 6.45) is 4.01. The number of hydrogen-bond acceptors (Lipinski definition) is 3. The van der Waals surface area contributed by atoms with Crippen molar-refractivity contribution in [3.05, 3.63) is 68.1 Å². The number of piperidine rings is 1. The molecule has 0 aromatic heterocycles. The summed E-state index contributed by atoms with van der Waals surface area (Å²) in [5.41, 5.74) is 3.58. The molecule has 1 fully saturated rings. The van der Waals surface area contributed by atoms with E-state index in [0.717, 1.165) is 53.3 Å². The average Bonchev–Trinajstić information content (AvgIpc) is 2.75. The second kappa shape index (κ2) is 10.5. The predicted octanol–water partition coefficient (Wildman–Crippen LogP) is 7.47. The van der Waals surface area contributed by atoms with Gasteiger partial charge in [0.25, 0.3) is 0 Å². The van der Waals surface area contributed by atoms with Crippen LogP contribution in [0.15, 0.2) is 51.4 Å². The van der Waals surface area contributed by atoms with Crippen molar-refractivity contribution < 1.29 is 14.3 Å². The number of benzene rings is 2. The number of aryl methyl sites for hydroxylation is 1. The Hall–Kier alpha value is -1.37. The molecule has 6 heteroatoms. The van der Waals surface area contributed by atoms with E-state index in [0.29, 0.717) is 18.4 Å². The van der Waals surface area contributed by atoms with Gasteiger partial charge in [0, 0.05) is 28.0 Å². The van der Waals surface area contributed by atoms with Crippen LogP contribution in [0.3, 0.4) is 0 Å². The minimum atomic E-state index is -0.462. The molecular formula is C27H33Br2NO3. The highest BCUT2D eigenvalue weighted by Gasteiger charge is 2.38. The van der Waals surface area contributed by atoms with Gasteiger partial charge in [-0.25, -0.2) is 4.79 Å². The first kappa shape index (κ1) is 24.7. The highest BCUT2D eigenvalue weighted by atomic mass is 79.9. The standard InChI is InChI=1S/C27H33Br2NO3/c1-27(2,3)33-26(31)30-12-10-20(11-13-30)25-23-7-5-4-6-19(23)8-9-24(25)32-17-18-14-21(28)16-22(29)15-18/h4-7,14-16,20,24-25H,8-13,17H2,1-3H3. The van der Waals surface area contributed by atoms with Crippen molar-refractivity contribution in [2.75, 3.05) is 13.1 Å². The molecule has 2 unspecified atom stereocenters. The van der Waals surface area contributed by atoms with Gasteiger partial charge in [-0.15, -0.1) is 0 Å². The normalized spacial score (nSPS) is 21.5. The minimum Gasteiger partial charge on any atom is -0.444 e. The molecule has 178 valence electrons. The summed E-state index contributed by atoms with van der Waals surface area (Å²) in [5, 5.41) is 0. The second-order valence-electron chi connectivity index (χ2n) is 10.2. The van der Waals surface area contributed by atoms with Crippen LogP contribution in [0, 0.1) is 5.92 Å². The van der Waals surface area contributed by atoms with Crippen LogP contribution in [0.4, 0.5) is 4.79 Å². The van der Waals surface area contributed by atoms with Gasteiger partial charge in [-0.3, -0.25) is 0 Å². The minimum absolute atomic E-state index is 0.177. The fraction of sp³-hybridized carbons (Fsp3) is 0.519. The van der Waals surface area contributed by atoms with E-state index in [-0.39, 0.29) is 12.2 Å². The Labute approximate surface area is 214 Å². The lowest BCUT2D eigenvalue weighted by atomic mass is 9.71. The van der Waals surface area contributed by atoms with Gasteiger partial charge < -0.3 is 14.4 Å². The zero-order valence-electron chi connectivity index (χ0n) is 19.7. The van der Waals surface area contributed by atoms with E-state index in [2.05, 4.69) is 68.3 Å². The van der Waals surface area contributed by atoms with Crippen LogP contribution in [0.1, 0.15) is 62.6 Å². The molecule has 2 aromatic carbocycles. The Morgan fingerprint density at radius 2 is 1.70 bits per heavy atom. The third kappa shape index (κ3) is 6.40. The third-order valence-corrected chi connectivity index (χ3v) is 7.51. The lowest BCUT2D eigenvalue weighted by molar-refractivity contribution is -0.0150. The summed E-state index contributed by atoms with van der Waals surface area (Å²) in [4.78, 5) is 14.4. The molecule has 1 heterocycles. The van der Waals surface area contributed by atoms with E-state index in [9.17, 15) is 4.79 Å². The van der Waals surface area contributed by atoms with Crippen LogP contribution in [-0.2, 0) is 22.5 Å². The van der Waals surface area contributed by atoms with Gasteiger partial charge >= 0.3 is 6.09 Å². The van der Waals surface area contributed by atoms with Gasteiger partial charge in [-0.05, 0) is 87.3 Å². The van der Waals surface area contributed by atoms with E-state index >= 15 is 0 Å². The Morgan fingerprint density at radius 3 is 2.36 bits per heavy atom. The van der Waals surface area contributed by atoms with Crippen molar-refractivity contribution in [3.8, 4) is 0 Å². The fourth-order valence-electron chi connectivity index (χ4n) is 5.17. The van der Waals surface area contributed by atoms with Gasteiger partial charge in [0.2, 0.25) is 0 Å². The molecule has 1 amide bonds. The number of halogens is 2. The number of nitrogens with zero attached hydrogens (tertiary/aromatic N) is 1. The predicted molar refractivity (Wildman–Crippen MR) is 138 cm³/mol. The quantitative estimate of drug-likeness (QED) is 0.377. The summed E-state index contributed by atoms with van der Waals surface area (Å²) < 4.78 is 14.3. The van der Waals surface area contributed by atoms with Crippen molar-refractivity contribution in [3.63, 3.8) is 0 Å². The maximum atomic E-state index is 12.5. The Morgan fingerprint density at radius 1 is 1.03 bits per heavy atom. The van der Waals surface area contributed by atoms with Crippen LogP contribution in [0.25, 0.3) is 0 Å². The van der Waals surface area contributed by atoms with Crippen molar-refractivity contribution in [1.82, 2.24) is 4.90 Å².